The number of carbonyl (C=O) groups excluding carboxylic acids is 1. The summed E-state index contributed by atoms with van der Waals surface area (Å²) in [6.45, 7) is 5.53. The van der Waals surface area contributed by atoms with Crippen molar-refractivity contribution >= 4 is 21.6 Å². The van der Waals surface area contributed by atoms with E-state index in [0.29, 0.717) is 42.6 Å². The second-order valence-electron chi connectivity index (χ2n) is 7.86. The van der Waals surface area contributed by atoms with Gasteiger partial charge in [0.05, 0.1) is 4.90 Å². The van der Waals surface area contributed by atoms with Crippen molar-refractivity contribution < 1.29 is 13.2 Å². The minimum atomic E-state index is -3.54. The van der Waals surface area contributed by atoms with E-state index in [-0.39, 0.29) is 5.91 Å². The van der Waals surface area contributed by atoms with Gasteiger partial charge in [0.25, 0.3) is 5.91 Å². The molecule has 0 spiro atoms. The van der Waals surface area contributed by atoms with Crippen LogP contribution in [0.4, 0.5) is 5.69 Å². The molecule has 0 aromatic heterocycles. The quantitative estimate of drug-likeness (QED) is 0.753. The van der Waals surface area contributed by atoms with Gasteiger partial charge in [0.2, 0.25) is 10.0 Å². The lowest BCUT2D eigenvalue weighted by Gasteiger charge is -2.34. The van der Waals surface area contributed by atoms with Gasteiger partial charge in [0.1, 0.15) is 0 Å². The average molecular weight is 416 g/mol. The number of anilines is 1. The van der Waals surface area contributed by atoms with Crippen LogP contribution < -0.4 is 4.90 Å². The van der Waals surface area contributed by atoms with Crippen LogP contribution in [0.15, 0.2) is 53.4 Å². The van der Waals surface area contributed by atoms with Gasteiger partial charge in [-0.15, -0.1) is 0 Å². The van der Waals surface area contributed by atoms with Crippen LogP contribution in [0.3, 0.4) is 0 Å². The first-order valence-corrected chi connectivity index (χ1v) is 11.3. The number of piperazine rings is 1. The van der Waals surface area contributed by atoms with Crippen molar-refractivity contribution in [3.63, 3.8) is 0 Å². The van der Waals surface area contributed by atoms with Crippen molar-refractivity contribution in [1.82, 2.24) is 9.21 Å². The molecule has 29 heavy (non-hydrogen) atoms. The summed E-state index contributed by atoms with van der Waals surface area (Å²) in [6, 6.07) is 14.5. The van der Waals surface area contributed by atoms with Crippen molar-refractivity contribution in [2.45, 2.75) is 24.7 Å². The molecule has 0 aliphatic carbocycles. The highest BCUT2D eigenvalue weighted by atomic mass is 32.2. The lowest BCUT2D eigenvalue weighted by Crippen LogP contribution is -2.50. The van der Waals surface area contributed by atoms with Gasteiger partial charge in [-0.3, -0.25) is 4.79 Å². The summed E-state index contributed by atoms with van der Waals surface area (Å²) in [4.78, 5) is 16.8. The van der Waals surface area contributed by atoms with Gasteiger partial charge in [0.15, 0.2) is 0 Å². The topological polar surface area (TPSA) is 60.9 Å². The first-order valence-electron chi connectivity index (χ1n) is 9.87. The van der Waals surface area contributed by atoms with E-state index in [2.05, 4.69) is 13.8 Å². The van der Waals surface area contributed by atoms with Gasteiger partial charge in [-0.1, -0.05) is 26.0 Å². The summed E-state index contributed by atoms with van der Waals surface area (Å²) in [5.74, 6) is 0.293. The highest BCUT2D eigenvalue weighted by Gasteiger charge is 2.30. The van der Waals surface area contributed by atoms with Crippen molar-refractivity contribution in [3.05, 3.63) is 59.7 Å². The van der Waals surface area contributed by atoms with Gasteiger partial charge in [0, 0.05) is 51.5 Å². The van der Waals surface area contributed by atoms with Crippen molar-refractivity contribution in [3.8, 4) is 0 Å². The fraction of sp³-hybridized carbons (Fsp3) is 0.409. The molecule has 0 saturated carbocycles. The number of benzene rings is 2. The Morgan fingerprint density at radius 3 is 1.93 bits per heavy atom. The summed E-state index contributed by atoms with van der Waals surface area (Å²) < 4.78 is 27.3. The molecule has 0 atom stereocenters. The molecule has 156 valence electrons. The summed E-state index contributed by atoms with van der Waals surface area (Å²) in [7, 11) is 0.359. The Kier molecular flexibility index (Phi) is 6.29. The zero-order valence-corrected chi connectivity index (χ0v) is 18.3. The fourth-order valence-corrected chi connectivity index (χ4v) is 4.81. The highest BCUT2D eigenvalue weighted by molar-refractivity contribution is 7.89. The van der Waals surface area contributed by atoms with Crippen LogP contribution in [-0.2, 0) is 10.0 Å². The van der Waals surface area contributed by atoms with Gasteiger partial charge in [-0.05, 0) is 47.9 Å². The Labute approximate surface area is 173 Å². The molecule has 0 radical (unpaired) electrons. The predicted octanol–water partition coefficient (Wildman–Crippen LogP) is 3.02. The Balaban J connectivity index is 1.65. The van der Waals surface area contributed by atoms with Crippen LogP contribution in [0.1, 0.15) is 35.7 Å². The maximum absolute atomic E-state index is 12.9. The van der Waals surface area contributed by atoms with Crippen LogP contribution in [0.25, 0.3) is 0 Å². The molecule has 0 unspecified atom stereocenters. The summed E-state index contributed by atoms with van der Waals surface area (Å²) >= 11 is 0. The summed E-state index contributed by atoms with van der Waals surface area (Å²) in [5, 5.41) is 0. The predicted molar refractivity (Wildman–Crippen MR) is 116 cm³/mol. The van der Waals surface area contributed by atoms with Crippen LogP contribution in [-0.4, -0.2) is 63.8 Å². The van der Waals surface area contributed by atoms with Crippen molar-refractivity contribution in [2.75, 3.05) is 45.2 Å². The van der Waals surface area contributed by atoms with E-state index in [9.17, 15) is 13.2 Å². The van der Waals surface area contributed by atoms with E-state index in [1.807, 2.05) is 55.4 Å². The van der Waals surface area contributed by atoms with Crippen LogP contribution in [0.2, 0.25) is 0 Å². The van der Waals surface area contributed by atoms with Crippen LogP contribution in [0, 0.1) is 0 Å². The van der Waals surface area contributed by atoms with Gasteiger partial charge in [-0.2, -0.15) is 4.31 Å². The van der Waals surface area contributed by atoms with E-state index in [1.165, 1.54) is 4.31 Å². The molecule has 1 amide bonds. The van der Waals surface area contributed by atoms with E-state index >= 15 is 0 Å². The first kappa shape index (κ1) is 21.3. The van der Waals surface area contributed by atoms with E-state index in [1.54, 1.807) is 17.0 Å². The fourth-order valence-electron chi connectivity index (χ4n) is 3.39. The SMILES string of the molecule is CC(C)c1ccc(S(=O)(=O)N2CCN(C(=O)c3ccc(N(C)C)cc3)CC2)cc1. The maximum atomic E-state index is 12.9. The average Bonchev–Trinajstić information content (AvgIpc) is 2.73. The van der Waals surface area contributed by atoms with E-state index in [4.69, 9.17) is 0 Å². The zero-order chi connectivity index (χ0) is 21.2. The molecule has 1 saturated heterocycles. The molecule has 3 rings (SSSR count). The smallest absolute Gasteiger partial charge is 0.253 e. The number of nitrogens with zero attached hydrogens (tertiary/aromatic N) is 3. The van der Waals surface area contributed by atoms with Crippen molar-refractivity contribution in [2.24, 2.45) is 0 Å². The standard InChI is InChI=1S/C22H29N3O3S/c1-17(2)18-7-11-21(12-8-18)29(27,28)25-15-13-24(14-16-25)22(26)19-5-9-20(10-6-19)23(3)4/h5-12,17H,13-16H2,1-4H3. The van der Waals surface area contributed by atoms with Crippen LogP contribution >= 0.6 is 0 Å². The second kappa shape index (κ2) is 8.55. The minimum Gasteiger partial charge on any atom is -0.378 e. The molecule has 1 aliphatic rings. The molecule has 2 aromatic rings. The normalized spacial score (nSPS) is 15.6. The lowest BCUT2D eigenvalue weighted by molar-refractivity contribution is 0.0698. The number of hydrogen-bond donors (Lipinski definition) is 0. The van der Waals surface area contributed by atoms with E-state index in [0.717, 1.165) is 11.3 Å². The Morgan fingerprint density at radius 2 is 1.45 bits per heavy atom. The number of hydrogen-bond acceptors (Lipinski definition) is 4. The van der Waals surface area contributed by atoms with Gasteiger partial charge in [-0.25, -0.2) is 8.42 Å². The largest absolute Gasteiger partial charge is 0.378 e. The third-order valence-electron chi connectivity index (χ3n) is 5.34. The molecule has 0 bridgehead atoms. The molecule has 2 aromatic carbocycles. The molecule has 1 aliphatic heterocycles. The first-order chi connectivity index (χ1) is 13.7. The zero-order valence-electron chi connectivity index (χ0n) is 17.5. The molecule has 6 nitrogen and oxygen atoms in total. The second-order valence-corrected chi connectivity index (χ2v) is 9.80. The molecule has 0 N–H and O–H groups in total. The monoisotopic (exact) mass is 415 g/mol. The van der Waals surface area contributed by atoms with E-state index < -0.39 is 10.0 Å². The third kappa shape index (κ3) is 4.62. The minimum absolute atomic E-state index is 0.0614. The maximum Gasteiger partial charge on any atom is 0.253 e. The number of rotatable bonds is 5. The molecular weight excluding hydrogens is 386 g/mol. The van der Waals surface area contributed by atoms with Gasteiger partial charge < -0.3 is 9.80 Å². The number of sulfonamides is 1. The third-order valence-corrected chi connectivity index (χ3v) is 7.25. The summed E-state index contributed by atoms with van der Waals surface area (Å²) in [5.41, 5.74) is 2.76. The molecule has 1 heterocycles. The van der Waals surface area contributed by atoms with Crippen molar-refractivity contribution in [1.29, 1.82) is 0 Å². The Bertz CT molecular complexity index is 944. The van der Waals surface area contributed by atoms with Gasteiger partial charge >= 0.3 is 0 Å². The highest BCUT2D eigenvalue weighted by Crippen LogP contribution is 2.22. The Morgan fingerprint density at radius 1 is 0.897 bits per heavy atom. The molecular formula is C22H29N3O3S. The number of amides is 1. The Hall–Kier alpha value is -2.38. The molecule has 1 fully saturated rings. The molecule has 7 heteroatoms. The lowest BCUT2D eigenvalue weighted by atomic mass is 10.0. The van der Waals surface area contributed by atoms with Crippen LogP contribution in [0.5, 0.6) is 0 Å². The summed E-state index contributed by atoms with van der Waals surface area (Å²) in [6.07, 6.45) is 0. The number of carbonyl (C=O) groups is 1.